The molecule has 1 aliphatic rings. The van der Waals surface area contributed by atoms with Gasteiger partial charge in [0.15, 0.2) is 0 Å². The van der Waals surface area contributed by atoms with Gasteiger partial charge in [-0.15, -0.1) is 11.3 Å². The minimum atomic E-state index is -1.19. The number of nitrogens with zero attached hydrogens (tertiary/aromatic N) is 3. The summed E-state index contributed by atoms with van der Waals surface area (Å²) in [6.07, 6.45) is -0.345. The van der Waals surface area contributed by atoms with Crippen LogP contribution in [-0.2, 0) is 11.8 Å². The molecule has 1 fully saturated rings. The van der Waals surface area contributed by atoms with Crippen molar-refractivity contribution in [3.05, 3.63) is 27.1 Å². The second-order valence-electron chi connectivity index (χ2n) is 5.40. The first kappa shape index (κ1) is 15.1. The molecule has 2 aromatic heterocycles. The zero-order valence-electron chi connectivity index (χ0n) is 12.5. The Morgan fingerprint density at radius 3 is 2.86 bits per heavy atom. The lowest BCUT2D eigenvalue weighted by Crippen LogP contribution is -2.29. The third-order valence-corrected chi connectivity index (χ3v) is 5.18. The van der Waals surface area contributed by atoms with Gasteiger partial charge in [0.1, 0.15) is 17.1 Å². The molecule has 3 heterocycles. The summed E-state index contributed by atoms with van der Waals surface area (Å²) in [6, 6.07) is 0. The summed E-state index contributed by atoms with van der Waals surface area (Å²) < 4.78 is 20.2. The van der Waals surface area contributed by atoms with Crippen LogP contribution < -0.4 is 5.56 Å². The molecule has 6 nitrogen and oxygen atoms in total. The normalized spacial score (nSPS) is 21.7. The molecule has 0 bridgehead atoms. The van der Waals surface area contributed by atoms with E-state index in [4.69, 9.17) is 4.74 Å². The van der Waals surface area contributed by atoms with E-state index < -0.39 is 12.3 Å². The number of likely N-dealkylation sites (tertiary alicyclic amines) is 1. The molecule has 0 spiro atoms. The van der Waals surface area contributed by atoms with E-state index in [1.807, 2.05) is 0 Å². The van der Waals surface area contributed by atoms with Crippen LogP contribution in [0.2, 0.25) is 0 Å². The van der Waals surface area contributed by atoms with Crippen LogP contribution in [0.1, 0.15) is 15.2 Å². The average Bonchev–Trinajstić information content (AvgIpc) is 3.03. The molecule has 118 valence electrons. The molecule has 0 saturated carbocycles. The second kappa shape index (κ2) is 5.44. The van der Waals surface area contributed by atoms with Crippen LogP contribution in [0, 0.1) is 6.92 Å². The van der Waals surface area contributed by atoms with Crippen molar-refractivity contribution in [3.8, 4) is 0 Å². The molecule has 0 N–H and O–H groups in total. The van der Waals surface area contributed by atoms with Crippen LogP contribution in [0.4, 0.5) is 4.39 Å². The predicted octanol–water partition coefficient (Wildman–Crippen LogP) is 1.11. The Morgan fingerprint density at radius 1 is 1.50 bits per heavy atom. The van der Waals surface area contributed by atoms with Gasteiger partial charge in [-0.2, -0.15) is 0 Å². The Hall–Kier alpha value is -1.80. The monoisotopic (exact) mass is 325 g/mol. The van der Waals surface area contributed by atoms with Gasteiger partial charge in [-0.3, -0.25) is 9.59 Å². The average molecular weight is 325 g/mol. The topological polar surface area (TPSA) is 64.4 Å². The van der Waals surface area contributed by atoms with Gasteiger partial charge in [-0.05, 0) is 12.5 Å². The molecule has 1 aliphatic heterocycles. The molecule has 1 saturated heterocycles. The van der Waals surface area contributed by atoms with Crippen molar-refractivity contribution in [1.29, 1.82) is 0 Å². The van der Waals surface area contributed by atoms with Gasteiger partial charge in [0.25, 0.3) is 11.5 Å². The number of hydrogen-bond donors (Lipinski definition) is 0. The van der Waals surface area contributed by atoms with Crippen LogP contribution in [0.3, 0.4) is 0 Å². The smallest absolute Gasteiger partial charge is 0.264 e. The third kappa shape index (κ3) is 2.22. The summed E-state index contributed by atoms with van der Waals surface area (Å²) in [5.74, 6) is -0.273. The first-order chi connectivity index (χ1) is 10.4. The summed E-state index contributed by atoms with van der Waals surface area (Å²) in [7, 11) is 3.05. The van der Waals surface area contributed by atoms with Crippen molar-refractivity contribution < 1.29 is 13.9 Å². The molecular weight excluding hydrogens is 309 g/mol. The number of alkyl halides is 1. The zero-order chi connectivity index (χ0) is 16.0. The maximum Gasteiger partial charge on any atom is 0.264 e. The van der Waals surface area contributed by atoms with Gasteiger partial charge in [0.05, 0.1) is 29.7 Å². The minimum absolute atomic E-state index is 0.0104. The fourth-order valence-electron chi connectivity index (χ4n) is 2.68. The Balaban J connectivity index is 2.01. The van der Waals surface area contributed by atoms with E-state index in [0.29, 0.717) is 20.7 Å². The maximum absolute atomic E-state index is 13.8. The molecule has 8 heteroatoms. The molecule has 2 atom stereocenters. The molecular formula is C14H16FN3O3S. The van der Waals surface area contributed by atoms with Gasteiger partial charge in [-0.25, -0.2) is 9.37 Å². The van der Waals surface area contributed by atoms with Gasteiger partial charge in [0.2, 0.25) is 0 Å². The molecule has 3 rings (SSSR count). The first-order valence-electron chi connectivity index (χ1n) is 6.85. The highest BCUT2D eigenvalue weighted by atomic mass is 32.1. The van der Waals surface area contributed by atoms with Crippen LogP contribution in [-0.4, -0.2) is 52.8 Å². The van der Waals surface area contributed by atoms with Gasteiger partial charge in [0, 0.05) is 14.2 Å². The van der Waals surface area contributed by atoms with E-state index in [-0.39, 0.29) is 24.6 Å². The lowest BCUT2D eigenvalue weighted by Gasteiger charge is -2.14. The number of carbonyl (C=O) groups excluding carboxylic acids is 1. The molecule has 2 aromatic rings. The zero-order valence-corrected chi connectivity index (χ0v) is 13.3. The summed E-state index contributed by atoms with van der Waals surface area (Å²) in [6.45, 7) is 1.96. The van der Waals surface area contributed by atoms with Crippen molar-refractivity contribution in [2.75, 3.05) is 20.2 Å². The number of methoxy groups -OCH3 is 1. The Bertz CT molecular complexity index is 800. The van der Waals surface area contributed by atoms with Crippen LogP contribution in [0.15, 0.2) is 11.1 Å². The number of fused-ring (bicyclic) bond motifs is 1. The second-order valence-corrected chi connectivity index (χ2v) is 6.40. The van der Waals surface area contributed by atoms with Crippen LogP contribution in [0.5, 0.6) is 0 Å². The van der Waals surface area contributed by atoms with E-state index >= 15 is 0 Å². The van der Waals surface area contributed by atoms with Crippen molar-refractivity contribution in [2.24, 2.45) is 7.05 Å². The number of hydrogen-bond acceptors (Lipinski definition) is 5. The number of aryl methyl sites for hydroxylation is 2. The van der Waals surface area contributed by atoms with Gasteiger partial charge < -0.3 is 14.2 Å². The fraction of sp³-hybridized carbons (Fsp3) is 0.500. The number of amides is 1. The number of rotatable bonds is 2. The Kier molecular flexibility index (Phi) is 3.73. The van der Waals surface area contributed by atoms with E-state index in [1.165, 1.54) is 34.2 Å². The predicted molar refractivity (Wildman–Crippen MR) is 81.2 cm³/mol. The summed E-state index contributed by atoms with van der Waals surface area (Å²) in [4.78, 5) is 31.4. The third-order valence-electron chi connectivity index (χ3n) is 3.99. The maximum atomic E-state index is 13.8. The quantitative estimate of drug-likeness (QED) is 0.830. The van der Waals surface area contributed by atoms with Crippen molar-refractivity contribution in [1.82, 2.24) is 14.5 Å². The molecule has 0 radical (unpaired) electrons. The minimum Gasteiger partial charge on any atom is -0.377 e. The van der Waals surface area contributed by atoms with Crippen molar-refractivity contribution >= 4 is 27.5 Å². The number of aromatic nitrogens is 2. The molecule has 1 amide bonds. The standard InChI is InChI=1S/C14H16FN3O3S/c1-7-10-12(16-6-17(2)13(10)19)22-11(7)14(20)18-4-8(15)9(5-18)21-3/h6,8-9H,4-5H2,1-3H3/t8-,9-/m1/s1. The van der Waals surface area contributed by atoms with E-state index in [0.717, 1.165) is 0 Å². The number of halogens is 1. The highest BCUT2D eigenvalue weighted by Gasteiger charge is 2.37. The number of carbonyl (C=O) groups is 1. The van der Waals surface area contributed by atoms with Crippen LogP contribution >= 0.6 is 11.3 Å². The van der Waals surface area contributed by atoms with E-state index in [9.17, 15) is 14.0 Å². The Morgan fingerprint density at radius 2 is 2.23 bits per heavy atom. The summed E-state index contributed by atoms with van der Waals surface area (Å²) >= 11 is 1.17. The summed E-state index contributed by atoms with van der Waals surface area (Å²) in [5, 5.41) is 0.456. The number of ether oxygens (including phenoxy) is 1. The lowest BCUT2D eigenvalue weighted by molar-refractivity contribution is 0.0596. The number of thiophene rings is 1. The van der Waals surface area contributed by atoms with Crippen LogP contribution in [0.25, 0.3) is 10.2 Å². The van der Waals surface area contributed by atoms with E-state index in [1.54, 1.807) is 14.0 Å². The molecule has 22 heavy (non-hydrogen) atoms. The van der Waals surface area contributed by atoms with Gasteiger partial charge in [-0.1, -0.05) is 0 Å². The fourth-order valence-corrected chi connectivity index (χ4v) is 3.79. The first-order valence-corrected chi connectivity index (χ1v) is 7.66. The van der Waals surface area contributed by atoms with Crippen molar-refractivity contribution in [3.63, 3.8) is 0 Å². The lowest BCUT2D eigenvalue weighted by atomic mass is 10.2. The Labute approximate surface area is 130 Å². The summed E-state index contributed by atoms with van der Waals surface area (Å²) in [5.41, 5.74) is 0.423. The van der Waals surface area contributed by atoms with Crippen molar-refractivity contribution in [2.45, 2.75) is 19.2 Å². The molecule has 0 aromatic carbocycles. The highest BCUT2D eigenvalue weighted by Crippen LogP contribution is 2.29. The highest BCUT2D eigenvalue weighted by molar-refractivity contribution is 7.20. The SMILES string of the molecule is CO[C@@H]1CN(C(=O)c2sc3ncn(C)c(=O)c3c2C)C[C@H]1F. The van der Waals surface area contributed by atoms with Gasteiger partial charge >= 0.3 is 0 Å². The van der Waals surface area contributed by atoms with E-state index in [2.05, 4.69) is 4.98 Å². The molecule has 0 unspecified atom stereocenters. The largest absolute Gasteiger partial charge is 0.377 e. The molecule has 0 aliphatic carbocycles.